The van der Waals surface area contributed by atoms with E-state index in [1.807, 2.05) is 0 Å². The van der Waals surface area contributed by atoms with Crippen LogP contribution in [0.25, 0.3) is 0 Å². The summed E-state index contributed by atoms with van der Waals surface area (Å²) >= 11 is 0. The number of para-hydroxylation sites is 2. The molecular weight excluding hydrogens is 324 g/mol. The number of carbonyl (C=O) groups excluding carboxylic acids is 2. The van der Waals surface area contributed by atoms with Crippen molar-refractivity contribution in [1.82, 2.24) is 0 Å². The Hall–Kier alpha value is -3.02. The number of rotatable bonds is 7. The highest BCUT2D eigenvalue weighted by Crippen LogP contribution is 2.25. The van der Waals surface area contributed by atoms with Gasteiger partial charge in [-0.25, -0.2) is 9.59 Å². The van der Waals surface area contributed by atoms with Crippen LogP contribution >= 0.6 is 0 Å². The van der Waals surface area contributed by atoms with Crippen molar-refractivity contribution in [2.24, 2.45) is 0 Å². The summed E-state index contributed by atoms with van der Waals surface area (Å²) in [6.07, 6.45) is -0.197. The number of hydrogen-bond donors (Lipinski definition) is 0. The Labute approximate surface area is 146 Å². The van der Waals surface area contributed by atoms with Crippen molar-refractivity contribution in [2.45, 2.75) is 20.0 Å². The molecule has 132 valence electrons. The van der Waals surface area contributed by atoms with E-state index < -0.39 is 11.9 Å². The van der Waals surface area contributed by atoms with Gasteiger partial charge >= 0.3 is 11.9 Å². The molecule has 0 radical (unpaired) electrons. The molecule has 0 aliphatic rings. The van der Waals surface area contributed by atoms with Crippen molar-refractivity contribution < 1.29 is 28.5 Å². The van der Waals surface area contributed by atoms with Crippen LogP contribution < -0.4 is 14.2 Å². The third-order valence-corrected chi connectivity index (χ3v) is 3.08. The van der Waals surface area contributed by atoms with E-state index in [9.17, 15) is 9.59 Å². The normalized spacial score (nSPS) is 10.2. The number of benzene rings is 2. The standard InChI is InChI=1S/C19H20O6/c1-13(2)24-19(21)14-8-10-15(11-9-14)25-18(20)12-23-17-7-5-4-6-16(17)22-3/h4-11,13H,12H2,1-3H3. The second kappa shape index (κ2) is 8.73. The summed E-state index contributed by atoms with van der Waals surface area (Å²) < 4.78 is 20.8. The van der Waals surface area contributed by atoms with E-state index in [4.69, 9.17) is 18.9 Å². The SMILES string of the molecule is COc1ccccc1OCC(=O)Oc1ccc(C(=O)OC(C)C)cc1. The van der Waals surface area contributed by atoms with Crippen LogP contribution in [-0.2, 0) is 9.53 Å². The average Bonchev–Trinajstić information content (AvgIpc) is 2.60. The molecule has 0 fully saturated rings. The summed E-state index contributed by atoms with van der Waals surface area (Å²) in [6.45, 7) is 3.28. The lowest BCUT2D eigenvalue weighted by Gasteiger charge is -2.10. The summed E-state index contributed by atoms with van der Waals surface area (Å²) in [4.78, 5) is 23.6. The van der Waals surface area contributed by atoms with E-state index in [0.717, 1.165) is 0 Å². The van der Waals surface area contributed by atoms with Crippen molar-refractivity contribution in [1.29, 1.82) is 0 Å². The van der Waals surface area contributed by atoms with Crippen LogP contribution in [0, 0.1) is 0 Å². The Morgan fingerprint density at radius 1 is 0.960 bits per heavy atom. The van der Waals surface area contributed by atoms with E-state index in [-0.39, 0.29) is 12.7 Å². The minimum Gasteiger partial charge on any atom is -0.493 e. The quantitative estimate of drug-likeness (QED) is 0.567. The Balaban J connectivity index is 1.89. The van der Waals surface area contributed by atoms with Crippen LogP contribution in [0.1, 0.15) is 24.2 Å². The van der Waals surface area contributed by atoms with Gasteiger partial charge in [0.2, 0.25) is 0 Å². The Bertz CT molecular complexity index is 721. The van der Waals surface area contributed by atoms with E-state index in [1.54, 1.807) is 38.1 Å². The molecule has 2 aromatic rings. The molecule has 0 saturated carbocycles. The summed E-state index contributed by atoms with van der Waals surface area (Å²) in [7, 11) is 1.52. The molecule has 25 heavy (non-hydrogen) atoms. The van der Waals surface area contributed by atoms with Crippen molar-refractivity contribution in [3.05, 3.63) is 54.1 Å². The van der Waals surface area contributed by atoms with Crippen LogP contribution in [0.15, 0.2) is 48.5 Å². The molecule has 0 bridgehead atoms. The molecule has 2 rings (SSSR count). The Morgan fingerprint density at radius 2 is 1.60 bits per heavy atom. The van der Waals surface area contributed by atoms with Gasteiger partial charge in [-0.3, -0.25) is 0 Å². The first-order valence-corrected chi connectivity index (χ1v) is 7.77. The zero-order chi connectivity index (χ0) is 18.2. The molecule has 0 aliphatic heterocycles. The van der Waals surface area contributed by atoms with Gasteiger partial charge in [0, 0.05) is 0 Å². The lowest BCUT2D eigenvalue weighted by Crippen LogP contribution is -2.18. The van der Waals surface area contributed by atoms with Gasteiger partial charge in [-0.05, 0) is 50.2 Å². The molecule has 2 aromatic carbocycles. The van der Waals surface area contributed by atoms with E-state index in [0.29, 0.717) is 22.8 Å². The Kier molecular flexibility index (Phi) is 6.39. The maximum Gasteiger partial charge on any atom is 0.349 e. The van der Waals surface area contributed by atoms with Crippen molar-refractivity contribution in [2.75, 3.05) is 13.7 Å². The zero-order valence-corrected chi connectivity index (χ0v) is 14.4. The van der Waals surface area contributed by atoms with E-state index >= 15 is 0 Å². The van der Waals surface area contributed by atoms with E-state index in [1.165, 1.54) is 31.4 Å². The van der Waals surface area contributed by atoms with Crippen molar-refractivity contribution >= 4 is 11.9 Å². The monoisotopic (exact) mass is 344 g/mol. The van der Waals surface area contributed by atoms with Crippen LogP contribution in [0.5, 0.6) is 17.2 Å². The molecule has 0 amide bonds. The average molecular weight is 344 g/mol. The van der Waals surface area contributed by atoms with Gasteiger partial charge in [0.1, 0.15) is 5.75 Å². The highest BCUT2D eigenvalue weighted by molar-refractivity contribution is 5.89. The number of carbonyl (C=O) groups is 2. The molecule has 0 unspecified atom stereocenters. The molecule has 0 N–H and O–H groups in total. The number of esters is 2. The van der Waals surface area contributed by atoms with Gasteiger partial charge in [0.15, 0.2) is 18.1 Å². The van der Waals surface area contributed by atoms with Crippen LogP contribution in [0.2, 0.25) is 0 Å². The van der Waals surface area contributed by atoms with Gasteiger partial charge in [0.05, 0.1) is 18.8 Å². The third kappa shape index (κ3) is 5.53. The first kappa shape index (κ1) is 18.3. The molecule has 0 aromatic heterocycles. The summed E-state index contributed by atoms with van der Waals surface area (Å²) in [6, 6.07) is 13.1. The molecule has 6 nitrogen and oxygen atoms in total. The lowest BCUT2D eigenvalue weighted by molar-refractivity contribution is -0.136. The zero-order valence-electron chi connectivity index (χ0n) is 14.4. The minimum atomic E-state index is -0.566. The lowest BCUT2D eigenvalue weighted by atomic mass is 10.2. The first-order valence-electron chi connectivity index (χ1n) is 7.77. The summed E-state index contributed by atoms with van der Waals surface area (Å²) in [5.74, 6) is 0.308. The largest absolute Gasteiger partial charge is 0.493 e. The minimum absolute atomic E-state index is 0.197. The van der Waals surface area contributed by atoms with E-state index in [2.05, 4.69) is 0 Å². The van der Waals surface area contributed by atoms with Gasteiger partial charge < -0.3 is 18.9 Å². The Morgan fingerprint density at radius 3 is 2.20 bits per heavy atom. The summed E-state index contributed by atoms with van der Waals surface area (Å²) in [5, 5.41) is 0. The van der Waals surface area contributed by atoms with Crippen molar-refractivity contribution in [3.8, 4) is 17.2 Å². The van der Waals surface area contributed by atoms with Crippen molar-refractivity contribution in [3.63, 3.8) is 0 Å². The number of hydrogen-bond acceptors (Lipinski definition) is 6. The van der Waals surface area contributed by atoms with Gasteiger partial charge in [-0.2, -0.15) is 0 Å². The molecule has 0 saturated heterocycles. The number of methoxy groups -OCH3 is 1. The highest BCUT2D eigenvalue weighted by atomic mass is 16.6. The first-order chi connectivity index (χ1) is 12.0. The molecular formula is C19H20O6. The second-order valence-corrected chi connectivity index (χ2v) is 5.39. The smallest absolute Gasteiger partial charge is 0.349 e. The maximum atomic E-state index is 11.9. The molecule has 6 heteroatoms. The maximum absolute atomic E-state index is 11.9. The molecule has 0 atom stereocenters. The predicted molar refractivity (Wildman–Crippen MR) is 91.1 cm³/mol. The summed E-state index contributed by atoms with van der Waals surface area (Å²) in [5.41, 5.74) is 0.388. The molecule has 0 heterocycles. The molecule has 0 aliphatic carbocycles. The predicted octanol–water partition coefficient (Wildman–Crippen LogP) is 3.24. The number of ether oxygens (including phenoxy) is 4. The molecule has 0 spiro atoms. The fourth-order valence-electron chi connectivity index (χ4n) is 1.98. The topological polar surface area (TPSA) is 71.1 Å². The van der Waals surface area contributed by atoms with Crippen LogP contribution in [0.4, 0.5) is 0 Å². The van der Waals surface area contributed by atoms with Gasteiger partial charge in [-0.15, -0.1) is 0 Å². The third-order valence-electron chi connectivity index (χ3n) is 3.08. The fourth-order valence-corrected chi connectivity index (χ4v) is 1.98. The van der Waals surface area contributed by atoms with Gasteiger partial charge in [-0.1, -0.05) is 12.1 Å². The van der Waals surface area contributed by atoms with Gasteiger partial charge in [0.25, 0.3) is 0 Å². The fraction of sp³-hybridized carbons (Fsp3) is 0.263. The van der Waals surface area contributed by atoms with Crippen LogP contribution in [-0.4, -0.2) is 31.8 Å². The highest BCUT2D eigenvalue weighted by Gasteiger charge is 2.11. The second-order valence-electron chi connectivity index (χ2n) is 5.39. The van der Waals surface area contributed by atoms with Crippen LogP contribution in [0.3, 0.4) is 0 Å².